The van der Waals surface area contributed by atoms with E-state index in [1.54, 1.807) is 43.1 Å². The largest absolute Gasteiger partial charge is 0.497 e. The van der Waals surface area contributed by atoms with Gasteiger partial charge in [0.25, 0.3) is 5.91 Å². The maximum absolute atomic E-state index is 13.8. The Morgan fingerprint density at radius 1 is 0.466 bits per heavy atom. The molecule has 17 nitrogen and oxygen atoms in total. The van der Waals surface area contributed by atoms with E-state index in [1.165, 1.54) is 129 Å². The molecule has 1 amide bonds. The number of thiazole rings is 2. The number of aromatic nitrogens is 3. The number of Topliss-reactive ketones (excluding diaryl/α,β-unsaturated/α-hetero) is 4. The van der Waals surface area contributed by atoms with Crippen LogP contribution in [0.25, 0.3) is 22.5 Å². The Bertz CT molecular complexity index is 4440. The summed E-state index contributed by atoms with van der Waals surface area (Å²) in [7, 11) is 10.1. The number of nitrogens with zero attached hydrogens (tertiary/aromatic N) is 3. The van der Waals surface area contributed by atoms with Crippen molar-refractivity contribution in [3.63, 3.8) is 0 Å². The van der Waals surface area contributed by atoms with Crippen molar-refractivity contribution < 1.29 is 83.5 Å². The molecule has 103 heavy (non-hydrogen) atoms. The summed E-state index contributed by atoms with van der Waals surface area (Å²) in [6.07, 6.45) is 3.18. The first-order valence-electron chi connectivity index (χ1n) is 29.0. The lowest BCUT2D eigenvalue weighted by atomic mass is 10.0. The second kappa shape index (κ2) is 42.2. The molecule has 0 bridgehead atoms. The summed E-state index contributed by atoms with van der Waals surface area (Å²) in [5.74, 6) is -2.31. The second-order valence-corrected chi connectivity index (χ2v) is 25.1. The summed E-state index contributed by atoms with van der Waals surface area (Å²) in [6, 6.07) is 23.9. The van der Waals surface area contributed by atoms with E-state index in [9.17, 15) is 50.3 Å². The van der Waals surface area contributed by atoms with Crippen molar-refractivity contribution in [1.29, 1.82) is 0 Å². The van der Waals surface area contributed by atoms with Crippen molar-refractivity contribution in [2.45, 2.75) is 34.6 Å². The molecule has 32 heteroatoms. The maximum atomic E-state index is 13.8. The first-order chi connectivity index (χ1) is 48.7. The van der Waals surface area contributed by atoms with Crippen LogP contribution in [0, 0.1) is 48.8 Å². The molecule has 0 aliphatic rings. The van der Waals surface area contributed by atoms with Crippen molar-refractivity contribution in [3.05, 3.63) is 230 Å². The number of pyridine rings is 1. The van der Waals surface area contributed by atoms with Crippen LogP contribution in [0.2, 0.25) is 30.1 Å². The van der Waals surface area contributed by atoms with Crippen LogP contribution in [-0.2, 0) is 0 Å². The molecule has 0 atom stereocenters. The van der Waals surface area contributed by atoms with Gasteiger partial charge in [-0.2, -0.15) is 0 Å². The van der Waals surface area contributed by atoms with Crippen molar-refractivity contribution in [2.75, 3.05) is 66.1 Å². The van der Waals surface area contributed by atoms with E-state index >= 15 is 0 Å². The predicted molar refractivity (Wildman–Crippen MR) is 397 cm³/mol. The Kier molecular flexibility index (Phi) is 35.5. The van der Waals surface area contributed by atoms with E-state index < -0.39 is 46.4 Å². The van der Waals surface area contributed by atoms with Crippen LogP contribution in [0.5, 0.6) is 40.2 Å². The minimum absolute atomic E-state index is 0.0377. The van der Waals surface area contributed by atoms with Crippen LogP contribution in [0.1, 0.15) is 83.7 Å². The number of hydrogen-bond donors (Lipinski definition) is 2. The van der Waals surface area contributed by atoms with Crippen LogP contribution in [-0.4, -0.2) is 99.1 Å². The number of aryl methyl sites for hydroxylation is 2. The topological polar surface area (TPSA) is 227 Å². The molecule has 0 fully saturated rings. The van der Waals surface area contributed by atoms with Gasteiger partial charge < -0.3 is 38.9 Å². The molecular formula is C71H62BrCl6F6N5O12S2. The summed E-state index contributed by atoms with van der Waals surface area (Å²) in [4.78, 5) is 68.8. The SMILES string of the molecule is COc1cc(C)c(-c2csc(NC(=O)c3ccncc3)n2)c(C)c1.COc1cc(F)c(-c2csc(N)n2)c(Cl)c1.COc1cc(F)c(C(=O)CBr)c(Cl)c1.COc1cc(F)c(C(C)=O)c(Cl)c1.COc1cc(F)c(C(C)=O)c(Cl)c1.COc1cc(F)cc(Cl)c1.COc1cc(F)cc(Cl)c1C(C)=O. The third-order valence-electron chi connectivity index (χ3n) is 13.2. The zero-order chi connectivity index (χ0) is 77.1. The van der Waals surface area contributed by atoms with Gasteiger partial charge >= 0.3 is 0 Å². The summed E-state index contributed by atoms with van der Waals surface area (Å²) in [5.41, 5.74) is 10.7. The molecule has 0 radical (unpaired) electrons. The predicted octanol–water partition coefficient (Wildman–Crippen LogP) is 20.9. The Labute approximate surface area is 635 Å². The van der Waals surface area contributed by atoms with Crippen molar-refractivity contribution >= 4 is 148 Å². The zero-order valence-electron chi connectivity index (χ0n) is 56.4. The van der Waals surface area contributed by atoms with Crippen LogP contribution >= 0.6 is 108 Å². The van der Waals surface area contributed by atoms with Crippen molar-refractivity contribution in [1.82, 2.24) is 15.0 Å². The monoisotopic (exact) mass is 1640 g/mol. The highest BCUT2D eigenvalue weighted by Gasteiger charge is 2.20. The quantitative estimate of drug-likeness (QED) is 0.0521. The first-order valence-corrected chi connectivity index (χ1v) is 34.2. The average molecular weight is 1650 g/mol. The highest BCUT2D eigenvalue weighted by molar-refractivity contribution is 9.09. The number of benzene rings is 7. The fraction of sp³-hybridized carbons (Fsp3) is 0.183. The molecule has 0 saturated heterocycles. The third-order valence-corrected chi connectivity index (χ3v) is 16.9. The fourth-order valence-electron chi connectivity index (χ4n) is 8.59. The number of rotatable bonds is 16. The van der Waals surface area contributed by atoms with E-state index in [0.29, 0.717) is 55.3 Å². The van der Waals surface area contributed by atoms with Gasteiger partial charge in [-0.3, -0.25) is 34.3 Å². The van der Waals surface area contributed by atoms with E-state index in [2.05, 4.69) is 36.2 Å². The number of carbonyl (C=O) groups is 5. The fourth-order valence-corrected chi connectivity index (χ4v) is 11.9. The Balaban J connectivity index is 0.000000259. The molecule has 3 aromatic heterocycles. The number of halogens is 13. The molecule has 3 heterocycles. The molecule has 0 aliphatic heterocycles. The number of amides is 1. The number of ketones is 4. The minimum Gasteiger partial charge on any atom is -0.497 e. The third kappa shape index (κ3) is 25.9. The van der Waals surface area contributed by atoms with Crippen LogP contribution < -0.4 is 44.2 Å². The number of ether oxygens (including phenoxy) is 7. The van der Waals surface area contributed by atoms with Gasteiger partial charge in [-0.15, -0.1) is 22.7 Å². The summed E-state index contributed by atoms with van der Waals surface area (Å²) < 4.78 is 113. The van der Waals surface area contributed by atoms with Crippen LogP contribution in [0.4, 0.5) is 36.6 Å². The minimum atomic E-state index is -0.668. The highest BCUT2D eigenvalue weighted by atomic mass is 79.9. The van der Waals surface area contributed by atoms with E-state index in [-0.39, 0.29) is 81.5 Å². The van der Waals surface area contributed by atoms with E-state index in [1.807, 2.05) is 31.4 Å². The van der Waals surface area contributed by atoms with E-state index in [0.717, 1.165) is 58.5 Å². The van der Waals surface area contributed by atoms with E-state index in [4.69, 9.17) is 108 Å². The normalized spacial score (nSPS) is 10.1. The molecule has 546 valence electrons. The Hall–Kier alpha value is -8.70. The Morgan fingerprint density at radius 2 is 0.864 bits per heavy atom. The summed E-state index contributed by atoms with van der Waals surface area (Å²) >= 11 is 39.8. The molecule has 10 aromatic rings. The zero-order valence-corrected chi connectivity index (χ0v) is 64.1. The molecule has 0 unspecified atom stereocenters. The number of alkyl halides is 1. The molecule has 0 spiro atoms. The lowest BCUT2D eigenvalue weighted by Gasteiger charge is -2.10. The molecule has 0 aliphatic carbocycles. The number of carbonyl (C=O) groups excluding carboxylic acids is 5. The van der Waals surface area contributed by atoms with Gasteiger partial charge in [0.2, 0.25) is 0 Å². The van der Waals surface area contributed by atoms with Crippen LogP contribution in [0.3, 0.4) is 0 Å². The Morgan fingerprint density at radius 3 is 1.26 bits per heavy atom. The lowest BCUT2D eigenvalue weighted by Crippen LogP contribution is -2.11. The molecule has 0 saturated carbocycles. The second-order valence-electron chi connectivity index (χ2n) is 20.3. The molecule has 3 N–H and O–H groups in total. The summed E-state index contributed by atoms with van der Waals surface area (Å²) in [6.45, 7) is 7.92. The van der Waals surface area contributed by atoms with Gasteiger partial charge in [-0.25, -0.2) is 36.3 Å². The maximum Gasteiger partial charge on any atom is 0.257 e. The number of nitrogens with two attached hydrogens (primary N) is 1. The smallest absolute Gasteiger partial charge is 0.257 e. The number of hydrogen-bond acceptors (Lipinski definition) is 18. The van der Waals surface area contributed by atoms with Gasteiger partial charge in [-0.05, 0) is 112 Å². The molecule has 7 aromatic carbocycles. The van der Waals surface area contributed by atoms with Crippen LogP contribution in [0.15, 0.2) is 126 Å². The highest BCUT2D eigenvalue weighted by Crippen LogP contribution is 2.37. The van der Waals surface area contributed by atoms with Gasteiger partial charge in [0, 0.05) is 75.7 Å². The number of nitrogens with one attached hydrogen (secondary N) is 1. The number of methoxy groups -OCH3 is 7. The van der Waals surface area contributed by atoms with Gasteiger partial charge in [-0.1, -0.05) is 85.5 Å². The first kappa shape index (κ1) is 86.7. The van der Waals surface area contributed by atoms with Gasteiger partial charge in [0.05, 0.1) is 119 Å². The van der Waals surface area contributed by atoms with Crippen molar-refractivity contribution in [3.8, 4) is 62.8 Å². The number of anilines is 2. The lowest BCUT2D eigenvalue weighted by molar-refractivity contribution is 0.100. The number of nitrogen functional groups attached to an aromatic ring is 1. The molecular weight excluding hydrogens is 1590 g/mol. The standard InChI is InChI=1S/C18H17N3O2S.C10H8ClFN2OS.C9H7BrClFO2.3C9H8ClFO2.C7H6ClFO/c1-11-8-14(23-3)9-12(2)16(11)15-10-24-18(20-15)21-17(22)13-4-6-19-7-5-13;1-15-5-2-6(11)9(7(12)3-5)8-4-16-10(13)14-8;1-14-5-2-6(11)9(7(12)3-5)8(13)4-10;2*1-5(12)9-7(10)3-6(13-2)4-8(9)11;1-5(12)9-7(10)3-6(11)4-8(9)13-2;1-10-7-3-5(8)2-6(9)4-7/h4-10H,1-3H3,(H,20,21,22);2-4H,1H3,(H2,13,14);2-3H,4H2,1H3;3*3-4H,1-2H3;2-4H,1H3. The van der Waals surface area contributed by atoms with Gasteiger partial charge in [0.15, 0.2) is 33.4 Å². The van der Waals surface area contributed by atoms with Gasteiger partial charge in [0.1, 0.15) is 75.1 Å². The van der Waals surface area contributed by atoms with Crippen molar-refractivity contribution in [2.24, 2.45) is 0 Å². The average Bonchev–Trinajstić information content (AvgIpc) is 1.78. The summed E-state index contributed by atoms with van der Waals surface area (Å²) in [5, 5.41) is 8.30. The molecule has 10 rings (SSSR count).